The number of hydrogen-bond donors (Lipinski definition) is 4. The Balaban J connectivity index is 1.04. The van der Waals surface area contributed by atoms with E-state index in [1.807, 2.05) is 42.2 Å². The van der Waals surface area contributed by atoms with E-state index in [1.54, 1.807) is 7.05 Å². The Labute approximate surface area is 273 Å². The number of rotatable bonds is 8. The summed E-state index contributed by atoms with van der Waals surface area (Å²) in [7, 11) is 1.62. The molecule has 0 unspecified atom stereocenters. The minimum Gasteiger partial charge on any atom is -0.383 e. The minimum absolute atomic E-state index is 0.0374. The van der Waals surface area contributed by atoms with Crippen molar-refractivity contribution in [2.75, 3.05) is 23.8 Å². The lowest BCUT2D eigenvalue weighted by Gasteiger charge is -2.25. The highest BCUT2D eigenvalue weighted by atomic mass is 16.5. The maximum Gasteiger partial charge on any atom is 0.439 e. The molecule has 1 aliphatic carbocycles. The predicted molar refractivity (Wildman–Crippen MR) is 176 cm³/mol. The highest BCUT2D eigenvalue weighted by Crippen LogP contribution is 2.45. The normalized spacial score (nSPS) is 16.1. The zero-order valence-electron chi connectivity index (χ0n) is 26.7. The van der Waals surface area contributed by atoms with Crippen LogP contribution < -0.4 is 37.5 Å². The first kappa shape index (κ1) is 30.7. The summed E-state index contributed by atoms with van der Waals surface area (Å²) in [5.74, 6) is -1.20. The third-order valence-electron chi connectivity index (χ3n) is 9.32. The number of carbonyl (C=O) groups is 2. The Hall–Kier alpha value is -5.92. The Morgan fingerprint density at radius 3 is 2.54 bits per heavy atom. The summed E-state index contributed by atoms with van der Waals surface area (Å²) in [6.45, 7) is 6.79. The fourth-order valence-corrected chi connectivity index (χ4v) is 6.86. The molecule has 0 saturated heterocycles. The van der Waals surface area contributed by atoms with E-state index in [0.29, 0.717) is 30.2 Å². The molecule has 2 aliphatic rings. The van der Waals surface area contributed by atoms with Gasteiger partial charge in [0, 0.05) is 42.9 Å². The maximum absolute atomic E-state index is 13.3. The number of anilines is 3. The van der Waals surface area contributed by atoms with Crippen LogP contribution >= 0.6 is 0 Å². The predicted octanol–water partition coefficient (Wildman–Crippen LogP) is 2.54. The van der Waals surface area contributed by atoms with Gasteiger partial charge >= 0.3 is 5.76 Å². The highest BCUT2D eigenvalue weighted by Gasteiger charge is 2.40. The zero-order chi connectivity index (χ0) is 33.9. The fraction of sp³-hybridized carbons (Fsp3) is 0.294. The molecule has 3 heterocycles. The SMILES string of the molecule is CNc1c(N2CC(C)(C)c3ccc(CNC(=O)c4cc(C(=O)N[C@H]5CCc6c5ccc(-c5noc(=O)[nH]5)c6C)ncn4)cc32)c(=O)c1=O. The van der Waals surface area contributed by atoms with Crippen molar-refractivity contribution >= 4 is 28.9 Å². The lowest BCUT2D eigenvalue weighted by atomic mass is 9.86. The molecule has 0 saturated carbocycles. The van der Waals surface area contributed by atoms with Gasteiger partial charge in [-0.3, -0.25) is 28.7 Å². The van der Waals surface area contributed by atoms with Crippen molar-refractivity contribution in [2.45, 2.75) is 51.6 Å². The van der Waals surface area contributed by atoms with Crippen molar-refractivity contribution in [3.63, 3.8) is 0 Å². The molecule has 1 atom stereocenters. The number of benzene rings is 2. The summed E-state index contributed by atoms with van der Waals surface area (Å²) >= 11 is 0. The number of aromatic amines is 1. The van der Waals surface area contributed by atoms with E-state index in [2.05, 4.69) is 54.4 Å². The summed E-state index contributed by atoms with van der Waals surface area (Å²) in [5, 5.41) is 12.5. The molecule has 48 heavy (non-hydrogen) atoms. The first-order valence-corrected chi connectivity index (χ1v) is 15.5. The molecule has 5 aromatic rings. The molecule has 0 spiro atoms. The number of aromatic nitrogens is 4. The molecular formula is C34H32N8O6. The van der Waals surface area contributed by atoms with Crippen molar-refractivity contribution in [1.82, 2.24) is 30.7 Å². The highest BCUT2D eigenvalue weighted by molar-refractivity contribution is 5.97. The molecule has 14 nitrogen and oxygen atoms in total. The summed E-state index contributed by atoms with van der Waals surface area (Å²) in [4.78, 5) is 75.0. The Morgan fingerprint density at radius 1 is 1.04 bits per heavy atom. The van der Waals surface area contributed by atoms with E-state index >= 15 is 0 Å². The quantitative estimate of drug-likeness (QED) is 0.181. The van der Waals surface area contributed by atoms with Crippen molar-refractivity contribution in [3.8, 4) is 11.4 Å². The first-order chi connectivity index (χ1) is 23.0. The molecule has 2 amide bonds. The van der Waals surface area contributed by atoms with Crippen LogP contribution in [0.25, 0.3) is 11.4 Å². The van der Waals surface area contributed by atoms with E-state index in [0.717, 1.165) is 45.5 Å². The van der Waals surface area contributed by atoms with Gasteiger partial charge in [-0.05, 0) is 53.6 Å². The zero-order valence-corrected chi connectivity index (χ0v) is 26.7. The van der Waals surface area contributed by atoms with E-state index in [4.69, 9.17) is 0 Å². The van der Waals surface area contributed by atoms with E-state index < -0.39 is 28.4 Å². The molecule has 0 radical (unpaired) electrons. The van der Waals surface area contributed by atoms with E-state index in [-0.39, 0.29) is 29.4 Å². The van der Waals surface area contributed by atoms with Crippen LogP contribution in [0.1, 0.15) is 75.1 Å². The largest absolute Gasteiger partial charge is 0.439 e. The summed E-state index contributed by atoms with van der Waals surface area (Å²) < 4.78 is 4.65. The Morgan fingerprint density at radius 2 is 1.81 bits per heavy atom. The molecule has 2 aromatic heterocycles. The molecule has 3 aromatic carbocycles. The maximum atomic E-state index is 13.3. The molecular weight excluding hydrogens is 616 g/mol. The smallest absolute Gasteiger partial charge is 0.383 e. The fourth-order valence-electron chi connectivity index (χ4n) is 6.86. The number of amides is 2. The monoisotopic (exact) mass is 648 g/mol. The molecule has 0 fully saturated rings. The van der Waals surface area contributed by atoms with Gasteiger partial charge in [0.2, 0.25) is 0 Å². The first-order valence-electron chi connectivity index (χ1n) is 15.5. The van der Waals surface area contributed by atoms with Crippen molar-refractivity contribution in [3.05, 3.63) is 113 Å². The summed E-state index contributed by atoms with van der Waals surface area (Å²) in [5.41, 5.74) is 5.79. The van der Waals surface area contributed by atoms with Gasteiger partial charge < -0.3 is 20.9 Å². The molecule has 14 heteroatoms. The van der Waals surface area contributed by atoms with Gasteiger partial charge in [-0.15, -0.1) is 0 Å². The van der Waals surface area contributed by atoms with Gasteiger partial charge in [-0.1, -0.05) is 43.3 Å². The van der Waals surface area contributed by atoms with Crippen LogP contribution in [0, 0.1) is 6.92 Å². The number of nitrogens with zero attached hydrogens (tertiary/aromatic N) is 4. The lowest BCUT2D eigenvalue weighted by Crippen LogP contribution is -2.41. The van der Waals surface area contributed by atoms with Crippen LogP contribution in [0.15, 0.2) is 61.6 Å². The molecule has 1 aliphatic heterocycles. The average Bonchev–Trinajstić information content (AvgIpc) is 3.77. The van der Waals surface area contributed by atoms with Gasteiger partial charge in [0.05, 0.1) is 6.04 Å². The summed E-state index contributed by atoms with van der Waals surface area (Å²) in [6.07, 6.45) is 2.58. The standard InChI is InChI=1S/C34H32N8O6/c1-16-18-8-10-22(20(18)7-6-19(16)30-40-33(47)48-41-30)39-32(46)24-12-23(37-15-38-24)31(45)36-13-17-5-9-21-25(11-17)42(14-34(21,2)3)27-26(35-4)28(43)29(27)44/h5-7,9,11-12,15,22,35H,8,10,13-14H2,1-4H3,(H,36,45)(H,39,46)(H,40,41,47)/t22-/m0/s1. The third-order valence-corrected chi connectivity index (χ3v) is 9.32. The van der Waals surface area contributed by atoms with Crippen molar-refractivity contribution in [1.29, 1.82) is 0 Å². The average molecular weight is 649 g/mol. The van der Waals surface area contributed by atoms with Crippen LogP contribution in [0.4, 0.5) is 17.1 Å². The Bertz CT molecular complexity index is 2260. The van der Waals surface area contributed by atoms with Gasteiger partial charge in [-0.25, -0.2) is 14.8 Å². The molecule has 0 bridgehead atoms. The topological polar surface area (TPSA) is 192 Å². The number of fused-ring (bicyclic) bond motifs is 2. The van der Waals surface area contributed by atoms with Gasteiger partial charge in [0.25, 0.3) is 22.7 Å². The number of hydrogen-bond acceptors (Lipinski definition) is 11. The minimum atomic E-state index is -0.629. The molecule has 7 rings (SSSR count). The molecule has 4 N–H and O–H groups in total. The van der Waals surface area contributed by atoms with Crippen molar-refractivity contribution in [2.24, 2.45) is 0 Å². The molecule has 244 valence electrons. The van der Waals surface area contributed by atoms with Crippen molar-refractivity contribution < 1.29 is 14.1 Å². The van der Waals surface area contributed by atoms with Gasteiger partial charge in [-0.2, -0.15) is 0 Å². The van der Waals surface area contributed by atoms with Crippen LogP contribution in [-0.2, 0) is 18.4 Å². The van der Waals surface area contributed by atoms with E-state index in [9.17, 15) is 24.0 Å². The number of nitrogens with one attached hydrogen (secondary N) is 4. The Kier molecular flexibility index (Phi) is 7.30. The van der Waals surface area contributed by atoms with Crippen LogP contribution in [0.3, 0.4) is 0 Å². The van der Waals surface area contributed by atoms with E-state index in [1.165, 1.54) is 12.4 Å². The number of carbonyl (C=O) groups excluding carboxylic acids is 2. The van der Waals surface area contributed by atoms with Crippen LogP contribution in [0.5, 0.6) is 0 Å². The second-order valence-electron chi connectivity index (χ2n) is 12.7. The third kappa shape index (κ3) is 5.05. The second-order valence-corrected chi connectivity index (χ2v) is 12.7. The van der Waals surface area contributed by atoms with Gasteiger partial charge in [0.1, 0.15) is 29.1 Å². The van der Waals surface area contributed by atoms with Crippen LogP contribution in [-0.4, -0.2) is 45.5 Å². The van der Waals surface area contributed by atoms with Crippen LogP contribution in [0.2, 0.25) is 0 Å². The summed E-state index contributed by atoms with van der Waals surface area (Å²) in [6, 6.07) is 10.6. The second kappa shape index (κ2) is 11.4. The lowest BCUT2D eigenvalue weighted by molar-refractivity contribution is 0.0931. The van der Waals surface area contributed by atoms with Gasteiger partial charge in [0.15, 0.2) is 5.82 Å². The number of H-pyrrole nitrogens is 1.